The number of fused-ring (bicyclic) bond motifs is 1. The largest absolute Gasteiger partial charge is 0.444 e. The molecule has 8 heteroatoms. The van der Waals surface area contributed by atoms with Crippen LogP contribution >= 0.6 is 15.9 Å². The van der Waals surface area contributed by atoms with Crippen molar-refractivity contribution in [2.24, 2.45) is 0 Å². The van der Waals surface area contributed by atoms with E-state index in [4.69, 9.17) is 4.74 Å². The zero-order valence-corrected chi connectivity index (χ0v) is 18.0. The number of hydrogen-bond donors (Lipinski definition) is 0. The Hall–Kier alpha value is -1.64. The zero-order valence-electron chi connectivity index (χ0n) is 15.6. The number of benzene rings is 2. The van der Waals surface area contributed by atoms with E-state index in [2.05, 4.69) is 15.9 Å². The monoisotopic (exact) mass is 454 g/mol. The molecule has 2 aromatic carbocycles. The summed E-state index contributed by atoms with van der Waals surface area (Å²) in [5, 5.41) is 1.53. The van der Waals surface area contributed by atoms with Crippen molar-refractivity contribution in [1.82, 2.24) is 9.21 Å². The van der Waals surface area contributed by atoms with Crippen LogP contribution in [0.15, 0.2) is 45.8 Å². The maximum Gasteiger partial charge on any atom is 0.410 e. The van der Waals surface area contributed by atoms with Crippen LogP contribution in [0.4, 0.5) is 4.79 Å². The SMILES string of the molecule is CC(C)(C)OC(=O)N1CCN(S(=O)(=O)c2ccc(Br)c3ccccc23)CC1. The summed E-state index contributed by atoms with van der Waals surface area (Å²) in [4.78, 5) is 14.0. The number of amides is 1. The Bertz CT molecular complexity index is 961. The highest BCUT2D eigenvalue weighted by molar-refractivity contribution is 9.10. The quantitative estimate of drug-likeness (QED) is 0.690. The smallest absolute Gasteiger partial charge is 0.410 e. The van der Waals surface area contributed by atoms with Gasteiger partial charge in [-0.3, -0.25) is 0 Å². The second kappa shape index (κ2) is 7.41. The molecule has 1 fully saturated rings. The summed E-state index contributed by atoms with van der Waals surface area (Å²) in [5.74, 6) is 0. The van der Waals surface area contributed by atoms with E-state index in [0.717, 1.165) is 9.86 Å². The third-order valence-corrected chi connectivity index (χ3v) is 6.99. The van der Waals surface area contributed by atoms with Crippen molar-refractivity contribution in [3.63, 3.8) is 0 Å². The fourth-order valence-electron chi connectivity index (χ4n) is 3.04. The number of nitrogens with zero attached hydrogens (tertiary/aromatic N) is 2. The van der Waals surface area contributed by atoms with Crippen LogP contribution in [0.3, 0.4) is 0 Å². The van der Waals surface area contributed by atoms with Crippen LogP contribution in [0, 0.1) is 0 Å². The lowest BCUT2D eigenvalue weighted by molar-refractivity contribution is 0.0192. The van der Waals surface area contributed by atoms with E-state index in [0.29, 0.717) is 18.5 Å². The van der Waals surface area contributed by atoms with Gasteiger partial charge in [0, 0.05) is 36.0 Å². The van der Waals surface area contributed by atoms with Gasteiger partial charge in [-0.15, -0.1) is 0 Å². The van der Waals surface area contributed by atoms with Crippen molar-refractivity contribution in [3.8, 4) is 0 Å². The summed E-state index contributed by atoms with van der Waals surface area (Å²) < 4.78 is 34.0. The number of hydrogen-bond acceptors (Lipinski definition) is 4. The van der Waals surface area contributed by atoms with Gasteiger partial charge in [0.25, 0.3) is 0 Å². The number of piperazine rings is 1. The molecule has 1 saturated heterocycles. The molecular formula is C19H23BrN2O4S. The Morgan fingerprint density at radius 1 is 1.00 bits per heavy atom. The molecule has 6 nitrogen and oxygen atoms in total. The molecule has 0 bridgehead atoms. The van der Waals surface area contributed by atoms with Crippen LogP contribution in [-0.4, -0.2) is 55.5 Å². The lowest BCUT2D eigenvalue weighted by atomic mass is 10.1. The number of sulfonamides is 1. The van der Waals surface area contributed by atoms with Crippen LogP contribution < -0.4 is 0 Å². The minimum Gasteiger partial charge on any atom is -0.444 e. The molecule has 0 radical (unpaired) electrons. The molecule has 27 heavy (non-hydrogen) atoms. The average Bonchev–Trinajstić information content (AvgIpc) is 2.61. The lowest BCUT2D eigenvalue weighted by Gasteiger charge is -2.35. The molecule has 0 spiro atoms. The van der Waals surface area contributed by atoms with Crippen molar-refractivity contribution >= 4 is 42.8 Å². The summed E-state index contributed by atoms with van der Waals surface area (Å²) in [7, 11) is -3.66. The molecule has 0 atom stereocenters. The number of halogens is 1. The number of rotatable bonds is 2. The van der Waals surface area contributed by atoms with Crippen LogP contribution in [0.2, 0.25) is 0 Å². The molecule has 2 aromatic rings. The summed E-state index contributed by atoms with van der Waals surface area (Å²) >= 11 is 3.47. The highest BCUT2D eigenvalue weighted by Gasteiger charge is 2.32. The first kappa shape index (κ1) is 20.1. The molecule has 1 amide bonds. The van der Waals surface area contributed by atoms with Gasteiger partial charge < -0.3 is 9.64 Å². The van der Waals surface area contributed by atoms with Gasteiger partial charge in [0.1, 0.15) is 5.60 Å². The highest BCUT2D eigenvalue weighted by atomic mass is 79.9. The molecular weight excluding hydrogens is 432 g/mol. The first-order valence-electron chi connectivity index (χ1n) is 8.75. The zero-order chi connectivity index (χ0) is 19.8. The minimum atomic E-state index is -3.66. The number of ether oxygens (including phenoxy) is 1. The van der Waals surface area contributed by atoms with Gasteiger partial charge in [-0.2, -0.15) is 4.31 Å². The van der Waals surface area contributed by atoms with Crippen LogP contribution in [0.5, 0.6) is 0 Å². The molecule has 0 aromatic heterocycles. The van der Waals surface area contributed by atoms with Gasteiger partial charge in [-0.1, -0.05) is 40.2 Å². The normalized spacial score (nSPS) is 16.5. The fraction of sp³-hybridized carbons (Fsp3) is 0.421. The molecule has 0 unspecified atom stereocenters. The fourth-order valence-corrected chi connectivity index (χ4v) is 5.13. The average molecular weight is 455 g/mol. The van der Waals surface area contributed by atoms with E-state index in [-0.39, 0.29) is 18.0 Å². The minimum absolute atomic E-state index is 0.242. The van der Waals surface area contributed by atoms with E-state index >= 15 is 0 Å². The van der Waals surface area contributed by atoms with E-state index in [1.807, 2.05) is 45.0 Å². The third-order valence-electron chi connectivity index (χ3n) is 4.34. The Morgan fingerprint density at radius 3 is 2.19 bits per heavy atom. The van der Waals surface area contributed by atoms with Crippen molar-refractivity contribution < 1.29 is 17.9 Å². The van der Waals surface area contributed by atoms with Crippen molar-refractivity contribution in [1.29, 1.82) is 0 Å². The van der Waals surface area contributed by atoms with E-state index in [9.17, 15) is 13.2 Å². The number of carbonyl (C=O) groups is 1. The van der Waals surface area contributed by atoms with Crippen LogP contribution in [-0.2, 0) is 14.8 Å². The lowest BCUT2D eigenvalue weighted by Crippen LogP contribution is -2.51. The Balaban J connectivity index is 1.81. The standard InChI is InChI=1S/C19H23BrN2O4S/c1-19(2,3)26-18(23)21-10-12-22(13-11-21)27(24,25)17-9-8-16(20)14-6-4-5-7-15(14)17/h4-9H,10-13H2,1-3H3. The van der Waals surface area contributed by atoms with Crippen LogP contribution in [0.1, 0.15) is 20.8 Å². The van der Waals surface area contributed by atoms with E-state index in [1.54, 1.807) is 17.0 Å². The van der Waals surface area contributed by atoms with E-state index in [1.165, 1.54) is 4.31 Å². The van der Waals surface area contributed by atoms with Gasteiger partial charge >= 0.3 is 6.09 Å². The second-order valence-electron chi connectivity index (χ2n) is 7.46. The molecule has 146 valence electrons. The first-order valence-corrected chi connectivity index (χ1v) is 11.0. The topological polar surface area (TPSA) is 66.9 Å². The summed E-state index contributed by atoms with van der Waals surface area (Å²) in [5.41, 5.74) is -0.573. The molecule has 1 aliphatic rings. The number of carbonyl (C=O) groups excluding carboxylic acids is 1. The first-order chi connectivity index (χ1) is 12.6. The second-order valence-corrected chi connectivity index (χ2v) is 10.2. The molecule has 0 saturated carbocycles. The molecule has 0 N–H and O–H groups in total. The third kappa shape index (κ3) is 4.28. The van der Waals surface area contributed by atoms with E-state index < -0.39 is 21.7 Å². The van der Waals surface area contributed by atoms with Gasteiger partial charge in [-0.05, 0) is 38.3 Å². The summed E-state index contributed by atoms with van der Waals surface area (Å²) in [6.07, 6.45) is -0.409. The molecule has 0 aliphatic carbocycles. The molecule has 3 rings (SSSR count). The van der Waals surface area contributed by atoms with Gasteiger partial charge in [0.05, 0.1) is 4.90 Å². The highest BCUT2D eigenvalue weighted by Crippen LogP contribution is 2.31. The predicted octanol–water partition coefficient (Wildman–Crippen LogP) is 3.84. The maximum absolute atomic E-state index is 13.2. The molecule has 1 aliphatic heterocycles. The summed E-state index contributed by atoms with van der Waals surface area (Å²) in [6, 6.07) is 10.8. The predicted molar refractivity (Wildman–Crippen MR) is 108 cm³/mol. The Labute approximate surface area is 168 Å². The summed E-state index contributed by atoms with van der Waals surface area (Å²) in [6.45, 7) is 6.53. The van der Waals surface area contributed by atoms with Crippen molar-refractivity contribution in [2.45, 2.75) is 31.3 Å². The van der Waals surface area contributed by atoms with Gasteiger partial charge in [0.15, 0.2) is 0 Å². The Kier molecular flexibility index (Phi) is 5.52. The molecule has 1 heterocycles. The van der Waals surface area contributed by atoms with Crippen molar-refractivity contribution in [3.05, 3.63) is 40.9 Å². The Morgan fingerprint density at radius 2 is 1.59 bits per heavy atom. The van der Waals surface area contributed by atoms with Gasteiger partial charge in [0.2, 0.25) is 10.0 Å². The van der Waals surface area contributed by atoms with Crippen molar-refractivity contribution in [2.75, 3.05) is 26.2 Å². The maximum atomic E-state index is 13.2. The van der Waals surface area contributed by atoms with Crippen LogP contribution in [0.25, 0.3) is 10.8 Å². The van der Waals surface area contributed by atoms with Gasteiger partial charge in [-0.25, -0.2) is 13.2 Å².